The predicted octanol–water partition coefficient (Wildman–Crippen LogP) is 1.27. The van der Waals surface area contributed by atoms with Crippen LogP contribution in [0.15, 0.2) is 0 Å². The van der Waals surface area contributed by atoms with Gasteiger partial charge < -0.3 is 14.6 Å². The highest BCUT2D eigenvalue weighted by Crippen LogP contribution is 2.14. The van der Waals surface area contributed by atoms with Gasteiger partial charge in [0.1, 0.15) is 0 Å². The first-order valence-electron chi connectivity index (χ1n) is 6.78. The first kappa shape index (κ1) is 14.9. The minimum Gasteiger partial charge on any atom is -0.394 e. The lowest BCUT2D eigenvalue weighted by atomic mass is 10.1. The molecule has 1 atom stereocenters. The number of aliphatic hydroxyl groups is 1. The molecule has 0 aromatic rings. The zero-order valence-corrected chi connectivity index (χ0v) is 11.2. The van der Waals surface area contributed by atoms with Gasteiger partial charge in [-0.1, -0.05) is 0 Å². The lowest BCUT2D eigenvalue weighted by Gasteiger charge is -2.32. The Morgan fingerprint density at radius 3 is 2.76 bits per heavy atom. The van der Waals surface area contributed by atoms with E-state index in [1.54, 1.807) is 0 Å². The Balaban J connectivity index is 2.21. The molecule has 0 amide bonds. The molecular formula is C13H27NO3. The molecule has 102 valence electrons. The zero-order chi connectivity index (χ0) is 12.5. The van der Waals surface area contributed by atoms with Gasteiger partial charge in [0, 0.05) is 25.7 Å². The molecule has 1 unspecified atom stereocenters. The molecule has 0 spiro atoms. The van der Waals surface area contributed by atoms with E-state index in [4.69, 9.17) is 14.6 Å². The van der Waals surface area contributed by atoms with E-state index in [0.29, 0.717) is 25.4 Å². The number of hydrogen-bond donors (Lipinski definition) is 1. The summed E-state index contributed by atoms with van der Waals surface area (Å²) in [5.74, 6) is 0. The highest BCUT2D eigenvalue weighted by atomic mass is 16.5. The highest BCUT2D eigenvalue weighted by Gasteiger charge is 2.19. The molecule has 0 saturated carbocycles. The normalized spacial score (nSPS) is 21.4. The molecule has 0 aromatic heterocycles. The summed E-state index contributed by atoms with van der Waals surface area (Å²) >= 11 is 0. The Morgan fingerprint density at radius 1 is 1.35 bits per heavy atom. The fourth-order valence-corrected chi connectivity index (χ4v) is 2.12. The Labute approximate surface area is 105 Å². The number of nitrogens with zero attached hydrogens (tertiary/aromatic N) is 1. The van der Waals surface area contributed by atoms with Crippen LogP contribution in [0.25, 0.3) is 0 Å². The van der Waals surface area contributed by atoms with Crippen molar-refractivity contribution in [2.75, 3.05) is 39.5 Å². The number of rotatable bonds is 8. The molecule has 0 radical (unpaired) electrons. The molecule has 1 aliphatic heterocycles. The fourth-order valence-electron chi connectivity index (χ4n) is 2.12. The van der Waals surface area contributed by atoms with Crippen LogP contribution in [0.5, 0.6) is 0 Å². The molecule has 1 N–H and O–H groups in total. The van der Waals surface area contributed by atoms with Crippen molar-refractivity contribution in [3.8, 4) is 0 Å². The minimum atomic E-state index is 0.105. The maximum absolute atomic E-state index is 8.64. The van der Waals surface area contributed by atoms with Crippen LogP contribution in [0.1, 0.15) is 33.1 Å². The van der Waals surface area contributed by atoms with Gasteiger partial charge in [0.25, 0.3) is 0 Å². The third kappa shape index (κ3) is 6.36. The summed E-state index contributed by atoms with van der Waals surface area (Å²) in [6.45, 7) is 8.46. The van der Waals surface area contributed by atoms with E-state index in [2.05, 4.69) is 18.7 Å². The van der Waals surface area contributed by atoms with Gasteiger partial charge in [0.15, 0.2) is 0 Å². The standard InChI is InChI=1S/C13H27NO3/c1-12(2)14(6-9-16-10-7-15)11-13-5-3-4-8-17-13/h12-13,15H,3-11H2,1-2H3. The molecule has 1 heterocycles. The van der Waals surface area contributed by atoms with Gasteiger partial charge in [0.05, 0.1) is 25.9 Å². The third-order valence-corrected chi connectivity index (χ3v) is 3.20. The first-order chi connectivity index (χ1) is 8.24. The number of aliphatic hydroxyl groups excluding tert-OH is 1. The van der Waals surface area contributed by atoms with E-state index in [1.165, 1.54) is 19.3 Å². The van der Waals surface area contributed by atoms with E-state index < -0.39 is 0 Å². The van der Waals surface area contributed by atoms with Crippen LogP contribution < -0.4 is 0 Å². The van der Waals surface area contributed by atoms with E-state index >= 15 is 0 Å². The molecule has 4 heteroatoms. The lowest BCUT2D eigenvalue weighted by Crippen LogP contribution is -2.41. The first-order valence-corrected chi connectivity index (χ1v) is 6.78. The molecule has 1 saturated heterocycles. The van der Waals surface area contributed by atoms with Gasteiger partial charge in [-0.05, 0) is 33.1 Å². The van der Waals surface area contributed by atoms with Crippen LogP contribution in [0.4, 0.5) is 0 Å². The van der Waals surface area contributed by atoms with E-state index in [0.717, 1.165) is 19.7 Å². The summed E-state index contributed by atoms with van der Waals surface area (Å²) in [6.07, 6.45) is 4.07. The fraction of sp³-hybridized carbons (Fsp3) is 1.00. The Bertz CT molecular complexity index is 182. The second-order valence-electron chi connectivity index (χ2n) is 4.91. The van der Waals surface area contributed by atoms with E-state index in [-0.39, 0.29) is 6.61 Å². The molecule has 4 nitrogen and oxygen atoms in total. The van der Waals surface area contributed by atoms with Crippen LogP contribution in [-0.2, 0) is 9.47 Å². The molecule has 0 bridgehead atoms. The molecule has 17 heavy (non-hydrogen) atoms. The quantitative estimate of drug-likeness (QED) is 0.654. The van der Waals surface area contributed by atoms with Gasteiger partial charge in [-0.25, -0.2) is 0 Å². The lowest BCUT2D eigenvalue weighted by molar-refractivity contribution is -0.0181. The summed E-state index contributed by atoms with van der Waals surface area (Å²) in [5, 5.41) is 8.64. The summed E-state index contributed by atoms with van der Waals surface area (Å²) in [6, 6.07) is 0.512. The largest absolute Gasteiger partial charge is 0.394 e. The predicted molar refractivity (Wildman–Crippen MR) is 68.2 cm³/mol. The maximum atomic E-state index is 8.64. The van der Waals surface area contributed by atoms with Crippen molar-refractivity contribution in [1.29, 1.82) is 0 Å². The zero-order valence-electron chi connectivity index (χ0n) is 11.2. The van der Waals surface area contributed by atoms with Gasteiger partial charge in [-0.15, -0.1) is 0 Å². The van der Waals surface area contributed by atoms with E-state index in [9.17, 15) is 0 Å². The Hall–Kier alpha value is -0.160. The average Bonchev–Trinajstić information content (AvgIpc) is 2.34. The summed E-state index contributed by atoms with van der Waals surface area (Å²) < 4.78 is 11.1. The van der Waals surface area contributed by atoms with Crippen molar-refractivity contribution in [2.24, 2.45) is 0 Å². The van der Waals surface area contributed by atoms with Crippen LogP contribution in [-0.4, -0.2) is 61.7 Å². The highest BCUT2D eigenvalue weighted by molar-refractivity contribution is 4.71. The molecule has 0 aromatic carbocycles. The van der Waals surface area contributed by atoms with Gasteiger partial charge in [0.2, 0.25) is 0 Å². The monoisotopic (exact) mass is 245 g/mol. The minimum absolute atomic E-state index is 0.105. The second-order valence-corrected chi connectivity index (χ2v) is 4.91. The SMILES string of the molecule is CC(C)N(CCOCCO)CC1CCCCO1. The second kappa shape index (κ2) is 8.86. The van der Waals surface area contributed by atoms with Crippen molar-refractivity contribution >= 4 is 0 Å². The molecule has 1 rings (SSSR count). The van der Waals surface area contributed by atoms with Gasteiger partial charge in [-0.2, -0.15) is 0 Å². The average molecular weight is 245 g/mol. The van der Waals surface area contributed by atoms with Gasteiger partial charge >= 0.3 is 0 Å². The molecule has 0 aliphatic carbocycles. The van der Waals surface area contributed by atoms with Crippen LogP contribution in [0, 0.1) is 0 Å². The Kier molecular flexibility index (Phi) is 7.77. The van der Waals surface area contributed by atoms with Crippen LogP contribution in [0.3, 0.4) is 0 Å². The van der Waals surface area contributed by atoms with E-state index in [1.807, 2.05) is 0 Å². The third-order valence-electron chi connectivity index (χ3n) is 3.20. The number of hydrogen-bond acceptors (Lipinski definition) is 4. The smallest absolute Gasteiger partial charge is 0.0702 e. The summed E-state index contributed by atoms with van der Waals surface area (Å²) in [4.78, 5) is 2.40. The number of ether oxygens (including phenoxy) is 2. The Morgan fingerprint density at radius 2 is 2.18 bits per heavy atom. The topological polar surface area (TPSA) is 41.9 Å². The van der Waals surface area contributed by atoms with Crippen LogP contribution >= 0.6 is 0 Å². The van der Waals surface area contributed by atoms with Gasteiger partial charge in [-0.3, -0.25) is 4.90 Å². The molecule has 1 aliphatic rings. The molecular weight excluding hydrogens is 218 g/mol. The van der Waals surface area contributed by atoms with Crippen molar-refractivity contribution in [3.63, 3.8) is 0 Å². The van der Waals surface area contributed by atoms with Crippen molar-refractivity contribution in [1.82, 2.24) is 4.90 Å². The van der Waals surface area contributed by atoms with Crippen molar-refractivity contribution < 1.29 is 14.6 Å². The maximum Gasteiger partial charge on any atom is 0.0702 e. The summed E-state index contributed by atoms with van der Waals surface area (Å²) in [7, 11) is 0. The van der Waals surface area contributed by atoms with Crippen LogP contribution in [0.2, 0.25) is 0 Å². The van der Waals surface area contributed by atoms with Crippen molar-refractivity contribution in [2.45, 2.75) is 45.3 Å². The van der Waals surface area contributed by atoms with Crippen molar-refractivity contribution in [3.05, 3.63) is 0 Å². The molecule has 1 fully saturated rings. The summed E-state index contributed by atoms with van der Waals surface area (Å²) in [5.41, 5.74) is 0.